The van der Waals surface area contributed by atoms with E-state index in [1.165, 1.54) is 6.33 Å². The fourth-order valence-corrected chi connectivity index (χ4v) is 4.24. The Hall–Kier alpha value is -2.91. The van der Waals surface area contributed by atoms with Crippen molar-refractivity contribution in [3.63, 3.8) is 0 Å². The number of hydrogen-bond acceptors (Lipinski definition) is 6. The maximum absolute atomic E-state index is 12.7. The Morgan fingerprint density at radius 2 is 2.07 bits per heavy atom. The van der Waals surface area contributed by atoms with Crippen LogP contribution in [0.3, 0.4) is 0 Å². The summed E-state index contributed by atoms with van der Waals surface area (Å²) in [5.74, 6) is 1.20. The third-order valence-corrected chi connectivity index (χ3v) is 6.19. The van der Waals surface area contributed by atoms with Crippen LogP contribution < -0.4 is 0 Å². The molecule has 3 aromatic heterocycles. The highest BCUT2D eigenvalue weighted by Gasteiger charge is 2.19. The van der Waals surface area contributed by atoms with E-state index >= 15 is 0 Å². The fraction of sp³-hybridized carbons (Fsp3) is 0.300. The molecule has 0 fully saturated rings. The van der Waals surface area contributed by atoms with Gasteiger partial charge < -0.3 is 4.74 Å². The first kappa shape index (κ1) is 19.4. The highest BCUT2D eigenvalue weighted by atomic mass is 32.2. The molecule has 0 saturated heterocycles. The summed E-state index contributed by atoms with van der Waals surface area (Å²) >= 11 is 0. The second-order valence-electron chi connectivity index (χ2n) is 7.29. The van der Waals surface area contributed by atoms with Gasteiger partial charge in [-0.1, -0.05) is 12.1 Å². The molecule has 0 bridgehead atoms. The van der Waals surface area contributed by atoms with Gasteiger partial charge in [-0.25, -0.2) is 14.6 Å². The van der Waals surface area contributed by atoms with Crippen molar-refractivity contribution in [1.82, 2.24) is 29.9 Å². The molecule has 0 aliphatic carbocycles. The normalized spacial score (nSPS) is 13.1. The summed E-state index contributed by atoms with van der Waals surface area (Å²) in [4.78, 5) is 9.42. The van der Waals surface area contributed by atoms with E-state index in [-0.39, 0.29) is 5.60 Å². The Bertz CT molecular complexity index is 1150. The van der Waals surface area contributed by atoms with Crippen LogP contribution in [0.25, 0.3) is 28.1 Å². The zero-order chi connectivity index (χ0) is 20.4. The zero-order valence-corrected chi connectivity index (χ0v) is 17.3. The van der Waals surface area contributed by atoms with Crippen molar-refractivity contribution in [3.8, 4) is 17.1 Å². The van der Waals surface area contributed by atoms with Gasteiger partial charge >= 0.3 is 0 Å². The van der Waals surface area contributed by atoms with Gasteiger partial charge in [-0.15, -0.1) is 0 Å². The van der Waals surface area contributed by atoms with Gasteiger partial charge in [0.25, 0.3) is 0 Å². The van der Waals surface area contributed by atoms with E-state index in [1.807, 2.05) is 44.2 Å². The van der Waals surface area contributed by atoms with Crippen molar-refractivity contribution in [3.05, 3.63) is 49.1 Å². The van der Waals surface area contributed by atoms with E-state index < -0.39 is 10.8 Å². The smallest absolute Gasteiger partial charge is 0.162 e. The molecule has 1 atom stereocenters. The van der Waals surface area contributed by atoms with Crippen LogP contribution in [0.15, 0.2) is 53.9 Å². The quantitative estimate of drug-likeness (QED) is 0.503. The Balaban J connectivity index is 1.61. The van der Waals surface area contributed by atoms with Gasteiger partial charge in [0.15, 0.2) is 11.5 Å². The molecule has 1 aromatic carbocycles. The van der Waals surface area contributed by atoms with Crippen molar-refractivity contribution in [2.75, 3.05) is 12.9 Å². The molecule has 8 nitrogen and oxygen atoms in total. The lowest BCUT2D eigenvalue weighted by molar-refractivity contribution is 0.0205. The first-order chi connectivity index (χ1) is 14.0. The topological polar surface area (TPSA) is 98.6 Å². The number of aromatic nitrogens is 6. The Morgan fingerprint density at radius 1 is 1.21 bits per heavy atom. The SMILES string of the molecule is COC(C)(C)CC[S@@](=O)c1cnc2c(cnn2-c2cccc(-c3ncn[nH]3)c2)c1. The van der Waals surface area contributed by atoms with Crippen LogP contribution in [0.1, 0.15) is 20.3 Å². The van der Waals surface area contributed by atoms with Crippen LogP contribution in [-0.2, 0) is 15.5 Å². The number of ether oxygens (including phenoxy) is 1. The molecular weight excluding hydrogens is 388 g/mol. The average molecular weight is 411 g/mol. The lowest BCUT2D eigenvalue weighted by Gasteiger charge is -2.22. The first-order valence-electron chi connectivity index (χ1n) is 9.20. The van der Waals surface area contributed by atoms with E-state index in [4.69, 9.17) is 4.74 Å². The number of pyridine rings is 1. The minimum atomic E-state index is -1.15. The Labute approximate surface area is 170 Å². The summed E-state index contributed by atoms with van der Waals surface area (Å²) < 4.78 is 19.8. The van der Waals surface area contributed by atoms with Crippen LogP contribution in [0.2, 0.25) is 0 Å². The second kappa shape index (κ2) is 7.84. The van der Waals surface area contributed by atoms with E-state index in [0.29, 0.717) is 28.5 Å². The molecule has 4 aromatic rings. The predicted octanol–water partition coefficient (Wildman–Crippen LogP) is 3.13. The van der Waals surface area contributed by atoms with Gasteiger partial charge in [0.1, 0.15) is 6.33 Å². The number of benzene rings is 1. The summed E-state index contributed by atoms with van der Waals surface area (Å²) in [5.41, 5.74) is 2.17. The third-order valence-electron chi connectivity index (χ3n) is 4.87. The molecule has 0 spiro atoms. The number of fused-ring (bicyclic) bond motifs is 1. The molecule has 3 heterocycles. The van der Waals surface area contributed by atoms with E-state index in [0.717, 1.165) is 16.6 Å². The van der Waals surface area contributed by atoms with Crippen molar-refractivity contribution in [2.45, 2.75) is 30.8 Å². The number of hydrogen-bond donors (Lipinski definition) is 1. The molecule has 1 N–H and O–H groups in total. The maximum atomic E-state index is 12.7. The molecule has 0 aliphatic rings. The van der Waals surface area contributed by atoms with E-state index in [1.54, 1.807) is 24.2 Å². The summed E-state index contributed by atoms with van der Waals surface area (Å²) in [5, 5.41) is 12.1. The molecule has 0 unspecified atom stereocenters. The Morgan fingerprint density at radius 3 is 2.83 bits per heavy atom. The zero-order valence-electron chi connectivity index (χ0n) is 16.5. The molecule has 0 aliphatic heterocycles. The fourth-order valence-electron chi connectivity index (χ4n) is 2.90. The summed E-state index contributed by atoms with van der Waals surface area (Å²) in [6, 6.07) is 9.69. The minimum Gasteiger partial charge on any atom is -0.379 e. The van der Waals surface area contributed by atoms with Crippen LogP contribution in [0.5, 0.6) is 0 Å². The number of aromatic amines is 1. The molecule has 0 radical (unpaired) electrons. The largest absolute Gasteiger partial charge is 0.379 e. The molecule has 29 heavy (non-hydrogen) atoms. The van der Waals surface area contributed by atoms with Gasteiger partial charge in [-0.2, -0.15) is 10.2 Å². The minimum absolute atomic E-state index is 0.299. The number of H-pyrrole nitrogens is 1. The number of nitrogens with one attached hydrogen (secondary N) is 1. The first-order valence-corrected chi connectivity index (χ1v) is 10.5. The highest BCUT2D eigenvalue weighted by molar-refractivity contribution is 7.85. The highest BCUT2D eigenvalue weighted by Crippen LogP contribution is 2.23. The van der Waals surface area contributed by atoms with Crippen LogP contribution in [0.4, 0.5) is 0 Å². The van der Waals surface area contributed by atoms with Gasteiger partial charge in [0, 0.05) is 30.0 Å². The molecule has 0 saturated carbocycles. The average Bonchev–Trinajstić information content (AvgIpc) is 3.42. The van der Waals surface area contributed by atoms with Crippen molar-refractivity contribution in [1.29, 1.82) is 0 Å². The number of methoxy groups -OCH3 is 1. The van der Waals surface area contributed by atoms with Crippen molar-refractivity contribution >= 4 is 21.8 Å². The lowest BCUT2D eigenvalue weighted by Crippen LogP contribution is -2.24. The Kier molecular flexibility index (Phi) is 5.25. The number of nitrogens with zero attached hydrogens (tertiary/aromatic N) is 5. The van der Waals surface area contributed by atoms with Gasteiger partial charge in [0.2, 0.25) is 0 Å². The van der Waals surface area contributed by atoms with Crippen molar-refractivity contribution in [2.24, 2.45) is 0 Å². The van der Waals surface area contributed by atoms with E-state index in [9.17, 15) is 4.21 Å². The monoisotopic (exact) mass is 410 g/mol. The summed E-state index contributed by atoms with van der Waals surface area (Å²) in [6.45, 7) is 3.98. The van der Waals surface area contributed by atoms with Crippen LogP contribution in [0, 0.1) is 0 Å². The molecule has 150 valence electrons. The number of rotatable bonds is 7. The van der Waals surface area contributed by atoms with Gasteiger partial charge in [-0.3, -0.25) is 9.31 Å². The standard InChI is InChI=1S/C20H22N6O2S/c1-20(2,28-3)7-8-29(27)17-10-15-11-24-26(19(15)21-12-17)16-6-4-5-14(9-16)18-22-13-23-25-18/h4-6,9-13H,7-8H2,1-3H3,(H,22,23,25)/t29-/m1/s1. The van der Waals surface area contributed by atoms with Crippen LogP contribution in [-0.4, -0.2) is 52.6 Å². The summed E-state index contributed by atoms with van der Waals surface area (Å²) in [6.07, 6.45) is 5.57. The van der Waals surface area contributed by atoms with E-state index in [2.05, 4.69) is 25.3 Å². The molecular formula is C20H22N6O2S. The van der Waals surface area contributed by atoms with Crippen molar-refractivity contribution < 1.29 is 8.95 Å². The summed E-state index contributed by atoms with van der Waals surface area (Å²) in [7, 11) is 0.523. The molecule has 4 rings (SSSR count). The third kappa shape index (κ3) is 4.10. The molecule has 9 heteroatoms. The van der Waals surface area contributed by atoms with Gasteiger partial charge in [0.05, 0.1) is 33.2 Å². The van der Waals surface area contributed by atoms with Crippen LogP contribution >= 0.6 is 0 Å². The second-order valence-corrected chi connectivity index (χ2v) is 8.86. The predicted molar refractivity (Wildman–Crippen MR) is 111 cm³/mol. The van der Waals surface area contributed by atoms with Gasteiger partial charge in [-0.05, 0) is 38.5 Å². The molecule has 0 amide bonds. The maximum Gasteiger partial charge on any atom is 0.162 e. The lowest BCUT2D eigenvalue weighted by atomic mass is 10.1.